The van der Waals surface area contributed by atoms with Crippen molar-refractivity contribution in [3.05, 3.63) is 13.8 Å². The molecule has 0 aromatic heterocycles. The van der Waals surface area contributed by atoms with Gasteiger partial charge in [-0.2, -0.15) is 10.8 Å². The third-order valence-electron chi connectivity index (χ3n) is 6.40. The van der Waals surface area contributed by atoms with E-state index in [1.165, 1.54) is 0 Å². The molecule has 2 heteroatoms. The Morgan fingerprint density at radius 2 is 0.875 bits per heavy atom. The van der Waals surface area contributed by atoms with Crippen LogP contribution in [-0.4, -0.2) is 0 Å². The Balaban J connectivity index is 0. The summed E-state index contributed by atoms with van der Waals surface area (Å²) in [6.07, 6.45) is 3.93. The first kappa shape index (κ1) is 24.2. The standard InChI is InChI=1S/2C11H21.2Y/c2*1-8(2)10-6-11(5,7-10)9(3)4;;/h2*8-10H,5-7H2,1-4H3;;/q2*-1;;/i2*10D;;. The van der Waals surface area contributed by atoms with Crippen LogP contribution in [-0.2, 0) is 65.4 Å². The van der Waals surface area contributed by atoms with Crippen LogP contribution in [0.4, 0.5) is 0 Å². The minimum Gasteiger partial charge on any atom is -0.337 e. The van der Waals surface area contributed by atoms with Crippen molar-refractivity contribution in [2.24, 2.45) is 46.3 Å². The molecule has 24 heavy (non-hydrogen) atoms. The molecule has 0 amide bonds. The molecule has 2 aliphatic rings. The van der Waals surface area contributed by atoms with E-state index >= 15 is 0 Å². The Bertz CT molecular complexity index is 342. The summed E-state index contributed by atoms with van der Waals surface area (Å²) in [7, 11) is 0. The van der Waals surface area contributed by atoms with Crippen LogP contribution in [0.15, 0.2) is 0 Å². The first-order valence-corrected chi connectivity index (χ1v) is 9.31. The maximum absolute atomic E-state index is 8.13. The summed E-state index contributed by atoms with van der Waals surface area (Å²) in [5.41, 5.74) is 0.401. The molecule has 0 saturated heterocycles. The van der Waals surface area contributed by atoms with Crippen molar-refractivity contribution in [1.29, 1.82) is 0 Å². The van der Waals surface area contributed by atoms with Gasteiger partial charge in [-0.05, 0) is 23.6 Å². The quantitative estimate of drug-likeness (QED) is 0.374. The Kier molecular flexibility index (Phi) is 11.4. The van der Waals surface area contributed by atoms with Crippen molar-refractivity contribution >= 4 is 0 Å². The molecule has 2 radical (unpaired) electrons. The van der Waals surface area contributed by atoms with Gasteiger partial charge in [-0.25, -0.2) is 0 Å². The van der Waals surface area contributed by atoms with Crippen LogP contribution in [0.5, 0.6) is 0 Å². The minimum atomic E-state index is -0.175. The summed E-state index contributed by atoms with van der Waals surface area (Å²) in [6.45, 7) is 25.9. The predicted octanol–water partition coefficient (Wildman–Crippen LogP) is 7.05. The van der Waals surface area contributed by atoms with E-state index in [1.807, 2.05) is 0 Å². The normalized spacial score (nSPS) is 42.1. The van der Waals surface area contributed by atoms with Gasteiger partial charge in [-0.3, -0.25) is 0 Å². The van der Waals surface area contributed by atoms with Crippen LogP contribution in [0.25, 0.3) is 0 Å². The summed E-state index contributed by atoms with van der Waals surface area (Å²) < 4.78 is 16.3. The molecule has 2 rings (SSSR count). The van der Waals surface area contributed by atoms with E-state index in [4.69, 9.17) is 2.74 Å². The summed E-state index contributed by atoms with van der Waals surface area (Å²) in [5.74, 6) is 1.85. The van der Waals surface area contributed by atoms with E-state index in [2.05, 4.69) is 69.2 Å². The van der Waals surface area contributed by atoms with E-state index < -0.39 is 0 Å². The summed E-state index contributed by atoms with van der Waals surface area (Å²) in [4.78, 5) is 0. The van der Waals surface area contributed by atoms with Crippen LogP contribution < -0.4 is 0 Å². The number of hydrogen-bond donors (Lipinski definition) is 0. The molecule has 0 aliphatic heterocycles. The number of hydrogen-bond acceptors (Lipinski definition) is 0. The van der Waals surface area contributed by atoms with Crippen LogP contribution in [0.2, 0.25) is 0 Å². The molecule has 0 heterocycles. The van der Waals surface area contributed by atoms with Crippen LogP contribution >= 0.6 is 0 Å². The Morgan fingerprint density at radius 3 is 1.00 bits per heavy atom. The maximum atomic E-state index is 8.13. The Labute approximate surface area is 207 Å². The minimum absolute atomic E-state index is 0. The van der Waals surface area contributed by atoms with Crippen LogP contribution in [0.1, 0.15) is 83.8 Å². The molecule has 0 unspecified atom stereocenters. The molecule has 0 aromatic carbocycles. The first-order valence-electron chi connectivity index (χ1n) is 10.3. The van der Waals surface area contributed by atoms with Gasteiger partial charge >= 0.3 is 0 Å². The molecule has 0 atom stereocenters. The zero-order valence-corrected chi connectivity index (χ0v) is 23.4. The van der Waals surface area contributed by atoms with Gasteiger partial charge in [-0.15, -0.1) is 0 Å². The average Bonchev–Trinajstić information content (AvgIpc) is 2.34. The molecular formula is C22H42Y2-2. The molecule has 0 N–H and O–H groups in total. The fraction of sp³-hybridized carbons (Fsp3) is 0.909. The van der Waals surface area contributed by atoms with E-state index in [-0.39, 0.29) is 88.0 Å². The Morgan fingerprint density at radius 1 is 0.667 bits per heavy atom. The van der Waals surface area contributed by atoms with Gasteiger partial charge in [0, 0.05) is 68.2 Å². The van der Waals surface area contributed by atoms with Crippen molar-refractivity contribution in [1.82, 2.24) is 0 Å². The van der Waals surface area contributed by atoms with Gasteiger partial charge in [0.15, 0.2) is 0 Å². The summed E-state index contributed by atoms with van der Waals surface area (Å²) in [6, 6.07) is 0. The molecule has 0 nitrogen and oxygen atoms in total. The van der Waals surface area contributed by atoms with Crippen molar-refractivity contribution in [3.63, 3.8) is 0 Å². The van der Waals surface area contributed by atoms with Gasteiger partial charge in [0.25, 0.3) is 0 Å². The van der Waals surface area contributed by atoms with E-state index in [9.17, 15) is 0 Å². The smallest absolute Gasteiger partial charge is 0.0304 e. The van der Waals surface area contributed by atoms with Gasteiger partial charge in [-0.1, -0.05) is 92.9 Å². The number of rotatable bonds is 4. The first-order chi connectivity index (χ1) is 10.6. The SMILES string of the molecule is [2H]C1(C(C)C)CC([CH2-])(C(C)C)C1.[2H]C1(C(C)C)CC([CH2-])(C(C)C)C1.[Y].[Y]. The molecule has 138 valence electrons. The molecule has 0 bridgehead atoms. The third-order valence-corrected chi connectivity index (χ3v) is 6.40. The van der Waals surface area contributed by atoms with Crippen molar-refractivity contribution in [3.8, 4) is 0 Å². The Hall–Kier alpha value is 2.21. The largest absolute Gasteiger partial charge is 0.337 e. The van der Waals surface area contributed by atoms with E-state index in [0.717, 1.165) is 25.7 Å². The molecule has 2 aliphatic carbocycles. The van der Waals surface area contributed by atoms with Gasteiger partial charge in [0.05, 0.1) is 0 Å². The fourth-order valence-corrected chi connectivity index (χ4v) is 3.34. The van der Waals surface area contributed by atoms with Crippen molar-refractivity contribution in [2.75, 3.05) is 0 Å². The summed E-state index contributed by atoms with van der Waals surface area (Å²) >= 11 is 0. The van der Waals surface area contributed by atoms with Crippen molar-refractivity contribution in [2.45, 2.75) is 81.1 Å². The topological polar surface area (TPSA) is 0 Å². The maximum Gasteiger partial charge on any atom is 0.0304 e. The fourth-order valence-electron chi connectivity index (χ4n) is 3.34. The van der Waals surface area contributed by atoms with Crippen molar-refractivity contribution < 1.29 is 68.2 Å². The zero-order valence-electron chi connectivity index (χ0n) is 19.7. The van der Waals surface area contributed by atoms with Crippen LogP contribution in [0, 0.1) is 60.1 Å². The van der Waals surface area contributed by atoms with E-state index in [1.54, 1.807) is 0 Å². The van der Waals surface area contributed by atoms with Gasteiger partial charge < -0.3 is 13.8 Å². The second-order valence-corrected chi connectivity index (χ2v) is 9.37. The molecule has 0 spiro atoms. The van der Waals surface area contributed by atoms with Crippen LogP contribution in [0.3, 0.4) is 0 Å². The molecule has 2 saturated carbocycles. The van der Waals surface area contributed by atoms with Gasteiger partial charge in [0.2, 0.25) is 0 Å². The predicted molar refractivity (Wildman–Crippen MR) is 100 cm³/mol. The third kappa shape index (κ3) is 7.32. The monoisotopic (exact) mass is 486 g/mol. The molecule has 0 aromatic rings. The summed E-state index contributed by atoms with van der Waals surface area (Å²) in [5, 5.41) is 0. The second kappa shape index (κ2) is 11.3. The molecule has 2 fully saturated rings. The molecular weight excluding hydrogens is 442 g/mol. The average molecular weight is 486 g/mol. The zero-order chi connectivity index (χ0) is 19.1. The van der Waals surface area contributed by atoms with E-state index in [0.29, 0.717) is 23.7 Å². The second-order valence-electron chi connectivity index (χ2n) is 9.37. The van der Waals surface area contributed by atoms with Gasteiger partial charge in [0.1, 0.15) is 0 Å².